The predicted molar refractivity (Wildman–Crippen MR) is 126 cm³/mol. The molecule has 2 bridgehead atoms. The second-order valence-corrected chi connectivity index (χ2v) is 9.23. The molecule has 2 aliphatic carbocycles. The molecular weight excluding hydrogens is 479 g/mol. The summed E-state index contributed by atoms with van der Waals surface area (Å²) in [5, 5.41) is 5.75. The minimum Gasteiger partial charge on any atom is -0.490 e. The van der Waals surface area contributed by atoms with Gasteiger partial charge in [-0.3, -0.25) is 9.59 Å². The molecule has 0 aromatic heterocycles. The molecule has 1 aliphatic heterocycles. The van der Waals surface area contributed by atoms with Crippen LogP contribution in [0.25, 0.3) is 0 Å². The summed E-state index contributed by atoms with van der Waals surface area (Å²) in [6.07, 6.45) is 6.37. The molecule has 0 N–H and O–H groups in total. The van der Waals surface area contributed by atoms with E-state index in [1.165, 1.54) is 18.3 Å². The van der Waals surface area contributed by atoms with Crippen LogP contribution >= 0.6 is 23.2 Å². The van der Waals surface area contributed by atoms with Gasteiger partial charge >= 0.3 is 5.97 Å². The number of imide groups is 1. The van der Waals surface area contributed by atoms with Gasteiger partial charge in [-0.1, -0.05) is 35.4 Å². The van der Waals surface area contributed by atoms with Crippen molar-refractivity contribution in [2.24, 2.45) is 28.8 Å². The van der Waals surface area contributed by atoms with Crippen molar-refractivity contribution < 1.29 is 23.9 Å². The maximum absolute atomic E-state index is 12.8. The Kier molecular flexibility index (Phi) is 5.91. The average molecular weight is 499 g/mol. The number of benzene rings is 2. The van der Waals surface area contributed by atoms with Crippen molar-refractivity contribution in [1.82, 2.24) is 5.01 Å². The second kappa shape index (κ2) is 8.89. The molecule has 1 heterocycles. The first kappa shape index (κ1) is 22.6. The number of fused-ring (bicyclic) bond motifs is 5. The lowest BCUT2D eigenvalue weighted by Crippen LogP contribution is -2.28. The van der Waals surface area contributed by atoms with E-state index in [1.807, 2.05) is 12.2 Å². The lowest BCUT2D eigenvalue weighted by Gasteiger charge is -2.13. The van der Waals surface area contributed by atoms with Crippen molar-refractivity contribution in [2.75, 3.05) is 6.61 Å². The van der Waals surface area contributed by atoms with Crippen molar-refractivity contribution in [1.29, 1.82) is 0 Å². The quantitative estimate of drug-likeness (QED) is 0.188. The van der Waals surface area contributed by atoms with Gasteiger partial charge in [0.2, 0.25) is 0 Å². The maximum atomic E-state index is 12.8. The number of halogens is 2. The molecule has 9 heteroatoms. The van der Waals surface area contributed by atoms with Gasteiger partial charge < -0.3 is 9.47 Å². The van der Waals surface area contributed by atoms with E-state index in [1.54, 1.807) is 31.2 Å². The third-order valence-electron chi connectivity index (χ3n) is 6.39. The molecule has 2 amide bonds. The van der Waals surface area contributed by atoms with E-state index >= 15 is 0 Å². The minimum absolute atomic E-state index is 0.124. The Labute approximate surface area is 205 Å². The fourth-order valence-electron chi connectivity index (χ4n) is 4.89. The minimum atomic E-state index is -0.660. The number of hydrogen-bond donors (Lipinski definition) is 0. The van der Waals surface area contributed by atoms with Gasteiger partial charge in [-0.25, -0.2) is 4.79 Å². The van der Waals surface area contributed by atoms with E-state index in [2.05, 4.69) is 5.10 Å². The molecule has 5 rings (SSSR count). The smallest absolute Gasteiger partial charge is 0.345 e. The first-order chi connectivity index (χ1) is 16.4. The molecule has 2 aromatic rings. The van der Waals surface area contributed by atoms with Crippen molar-refractivity contribution in [3.8, 4) is 11.5 Å². The van der Waals surface area contributed by atoms with Crippen LogP contribution in [0.2, 0.25) is 10.0 Å². The Balaban J connectivity index is 1.34. The molecular formula is C25H20Cl2N2O5. The number of esters is 1. The summed E-state index contributed by atoms with van der Waals surface area (Å²) in [4.78, 5) is 38.2. The predicted octanol–water partition coefficient (Wildman–Crippen LogP) is 4.75. The lowest BCUT2D eigenvalue weighted by molar-refractivity contribution is -0.140. The van der Waals surface area contributed by atoms with Crippen LogP contribution < -0.4 is 9.47 Å². The lowest BCUT2D eigenvalue weighted by atomic mass is 9.85. The summed E-state index contributed by atoms with van der Waals surface area (Å²) in [7, 11) is 0. The van der Waals surface area contributed by atoms with Crippen molar-refractivity contribution >= 4 is 47.2 Å². The molecule has 3 aliphatic rings. The van der Waals surface area contributed by atoms with Crippen molar-refractivity contribution in [2.45, 2.75) is 13.3 Å². The Morgan fingerprint density at radius 1 is 1.06 bits per heavy atom. The van der Waals surface area contributed by atoms with Crippen LogP contribution in [0.1, 0.15) is 29.3 Å². The summed E-state index contributed by atoms with van der Waals surface area (Å²) in [6.45, 7) is 2.13. The van der Waals surface area contributed by atoms with Crippen LogP contribution in [-0.2, 0) is 9.59 Å². The number of ether oxygens (including phenoxy) is 2. The van der Waals surface area contributed by atoms with Gasteiger partial charge in [0.1, 0.15) is 0 Å². The molecule has 1 saturated heterocycles. The zero-order valence-corrected chi connectivity index (χ0v) is 19.6. The monoisotopic (exact) mass is 498 g/mol. The molecule has 0 spiro atoms. The number of hydrogen-bond acceptors (Lipinski definition) is 6. The van der Waals surface area contributed by atoms with Crippen LogP contribution in [0.5, 0.6) is 11.5 Å². The van der Waals surface area contributed by atoms with E-state index in [0.717, 1.165) is 11.4 Å². The average Bonchev–Trinajstić information content (AvgIpc) is 3.48. The van der Waals surface area contributed by atoms with Gasteiger partial charge in [-0.2, -0.15) is 10.1 Å². The topological polar surface area (TPSA) is 85.3 Å². The van der Waals surface area contributed by atoms with Crippen LogP contribution in [-0.4, -0.2) is 35.6 Å². The Morgan fingerprint density at radius 2 is 1.76 bits per heavy atom. The molecule has 1 saturated carbocycles. The van der Waals surface area contributed by atoms with Gasteiger partial charge in [-0.05, 0) is 67.1 Å². The van der Waals surface area contributed by atoms with Crippen LogP contribution in [0.15, 0.2) is 53.7 Å². The van der Waals surface area contributed by atoms with E-state index in [0.29, 0.717) is 22.9 Å². The summed E-state index contributed by atoms with van der Waals surface area (Å²) < 4.78 is 11.1. The maximum Gasteiger partial charge on any atom is 0.345 e. The van der Waals surface area contributed by atoms with Crippen molar-refractivity contribution in [3.63, 3.8) is 0 Å². The van der Waals surface area contributed by atoms with Crippen LogP contribution in [0.3, 0.4) is 0 Å². The number of carbonyl (C=O) groups excluding carboxylic acids is 3. The molecule has 174 valence electrons. The molecule has 0 radical (unpaired) electrons. The Morgan fingerprint density at radius 3 is 2.41 bits per heavy atom. The summed E-state index contributed by atoms with van der Waals surface area (Å²) in [5.41, 5.74) is 0.741. The SMILES string of the molecule is CCOc1cc(C=NN2C(=O)[C@@H]3[C@H](C2=O)[C@H]2C=C[C@H]3C2)ccc1OC(=O)c1ccc(Cl)cc1Cl. The summed E-state index contributed by atoms with van der Waals surface area (Å²) >= 11 is 12.0. The normalized spacial score (nSPS) is 24.9. The fourth-order valence-corrected chi connectivity index (χ4v) is 5.38. The third-order valence-corrected chi connectivity index (χ3v) is 6.94. The van der Waals surface area contributed by atoms with E-state index in [4.69, 9.17) is 32.7 Å². The highest BCUT2D eigenvalue weighted by molar-refractivity contribution is 6.36. The largest absolute Gasteiger partial charge is 0.490 e. The van der Waals surface area contributed by atoms with Gasteiger partial charge in [0.15, 0.2) is 11.5 Å². The molecule has 7 nitrogen and oxygen atoms in total. The Hall–Kier alpha value is -3.16. The van der Waals surface area contributed by atoms with E-state index in [9.17, 15) is 14.4 Å². The molecule has 2 aromatic carbocycles. The van der Waals surface area contributed by atoms with E-state index in [-0.39, 0.29) is 51.8 Å². The van der Waals surface area contributed by atoms with Gasteiger partial charge in [-0.15, -0.1) is 0 Å². The summed E-state index contributed by atoms with van der Waals surface area (Å²) in [6, 6.07) is 9.31. The number of allylic oxidation sites excluding steroid dienone is 2. The fraction of sp³-hybridized carbons (Fsp3) is 0.280. The third kappa shape index (κ3) is 3.89. The highest BCUT2D eigenvalue weighted by atomic mass is 35.5. The zero-order valence-electron chi connectivity index (χ0n) is 18.1. The van der Waals surface area contributed by atoms with Crippen LogP contribution in [0.4, 0.5) is 0 Å². The number of hydrazone groups is 1. The number of nitrogens with zero attached hydrogens (tertiary/aromatic N) is 2. The van der Waals surface area contributed by atoms with Gasteiger partial charge in [0.25, 0.3) is 11.8 Å². The highest BCUT2D eigenvalue weighted by Gasteiger charge is 2.59. The second-order valence-electron chi connectivity index (χ2n) is 8.39. The molecule has 34 heavy (non-hydrogen) atoms. The number of carbonyl (C=O) groups is 3. The number of amides is 2. The summed E-state index contributed by atoms with van der Waals surface area (Å²) in [5.74, 6) is -1.02. The molecule has 0 unspecified atom stereocenters. The molecule has 4 atom stereocenters. The Bertz CT molecular complexity index is 1230. The highest BCUT2D eigenvalue weighted by Crippen LogP contribution is 2.52. The van der Waals surface area contributed by atoms with Gasteiger partial charge in [0.05, 0.1) is 35.2 Å². The zero-order chi connectivity index (χ0) is 24.0. The van der Waals surface area contributed by atoms with E-state index < -0.39 is 5.97 Å². The first-order valence-corrected chi connectivity index (χ1v) is 11.7. The first-order valence-electron chi connectivity index (χ1n) is 10.9. The standard InChI is InChI=1S/C25H20Cl2N2O5/c1-2-33-20-9-13(3-8-19(20)34-25(32)17-7-6-16(26)11-18(17)27)12-28-29-23(30)21-14-4-5-15(10-14)22(21)24(29)31/h3-9,11-12,14-15,21-22H,2,10H2,1H3/t14-,15-,21-,22+/m0/s1. The van der Waals surface area contributed by atoms with Gasteiger partial charge in [0, 0.05) is 5.02 Å². The molecule has 2 fully saturated rings. The number of rotatable bonds is 6. The van der Waals surface area contributed by atoms with Crippen molar-refractivity contribution in [3.05, 3.63) is 69.7 Å². The van der Waals surface area contributed by atoms with Crippen LogP contribution in [0, 0.1) is 23.7 Å².